The molecule has 1 heterocycles. The number of carboxylic acid groups (broad SMARTS) is 1. The number of carboxylic acids is 1. The lowest BCUT2D eigenvalue weighted by atomic mass is 9.80. The third-order valence-electron chi connectivity index (χ3n) is 6.00. The van der Waals surface area contributed by atoms with Crippen molar-refractivity contribution in [3.63, 3.8) is 0 Å². The molecule has 0 spiro atoms. The molecule has 3 aromatic rings. The van der Waals surface area contributed by atoms with E-state index >= 15 is 0 Å². The smallest absolute Gasteiger partial charge is 0.304 e. The number of benzene rings is 2. The number of hydrogen-bond donors (Lipinski definition) is 1. The Hall–Kier alpha value is -2.77. The van der Waals surface area contributed by atoms with E-state index in [0.29, 0.717) is 18.0 Å². The van der Waals surface area contributed by atoms with Gasteiger partial charge in [-0.15, -0.1) is 0 Å². The summed E-state index contributed by atoms with van der Waals surface area (Å²) in [4.78, 5) is 33.7. The zero-order valence-corrected chi connectivity index (χ0v) is 18.9. The number of likely N-dealkylation sites (N-methyl/N-ethyl adjacent to an activating group) is 1. The lowest BCUT2D eigenvalue weighted by Gasteiger charge is -2.30. The van der Waals surface area contributed by atoms with Crippen LogP contribution in [0, 0.1) is 5.41 Å². The van der Waals surface area contributed by atoms with Crippen molar-refractivity contribution < 1.29 is 14.7 Å². The van der Waals surface area contributed by atoms with E-state index < -0.39 is 11.4 Å². The molecule has 0 bridgehead atoms. The molecule has 1 aromatic heterocycles. The van der Waals surface area contributed by atoms with Crippen molar-refractivity contribution in [1.29, 1.82) is 0 Å². The van der Waals surface area contributed by atoms with E-state index in [-0.39, 0.29) is 12.3 Å². The van der Waals surface area contributed by atoms with Gasteiger partial charge in [-0.05, 0) is 62.2 Å². The number of fused-ring (bicyclic) bond motifs is 2. The summed E-state index contributed by atoms with van der Waals surface area (Å²) in [6.07, 6.45) is 1.64. The Morgan fingerprint density at radius 1 is 1.10 bits per heavy atom. The van der Waals surface area contributed by atoms with Crippen molar-refractivity contribution in [1.82, 2.24) is 9.88 Å². The first-order chi connectivity index (χ1) is 14.8. The molecule has 1 aliphatic rings. The van der Waals surface area contributed by atoms with Gasteiger partial charge in [0.2, 0.25) is 5.91 Å². The summed E-state index contributed by atoms with van der Waals surface area (Å²) in [6, 6.07) is 14.1. The number of hydrogen-bond acceptors (Lipinski definition) is 5. The molecule has 0 fully saturated rings. The van der Waals surface area contributed by atoms with Crippen molar-refractivity contribution >= 4 is 38.6 Å². The Morgan fingerprint density at radius 3 is 2.39 bits per heavy atom. The second-order valence-electron chi connectivity index (χ2n) is 8.69. The van der Waals surface area contributed by atoms with Crippen LogP contribution in [0.4, 0.5) is 5.13 Å². The van der Waals surface area contributed by atoms with Crippen LogP contribution in [-0.4, -0.2) is 54.6 Å². The Labute approximate surface area is 186 Å². The zero-order chi connectivity index (χ0) is 22.2. The van der Waals surface area contributed by atoms with Crippen LogP contribution in [0.2, 0.25) is 0 Å². The predicted octanol–water partition coefficient (Wildman–Crippen LogP) is 3.62. The van der Waals surface area contributed by atoms with Gasteiger partial charge in [-0.1, -0.05) is 41.7 Å². The fourth-order valence-corrected chi connectivity index (χ4v) is 5.38. The van der Waals surface area contributed by atoms with E-state index in [2.05, 4.69) is 36.1 Å². The van der Waals surface area contributed by atoms with Gasteiger partial charge in [-0.25, -0.2) is 4.98 Å². The Balaban J connectivity index is 1.61. The fourth-order valence-electron chi connectivity index (χ4n) is 4.39. The van der Waals surface area contributed by atoms with Crippen LogP contribution in [0.3, 0.4) is 0 Å². The summed E-state index contributed by atoms with van der Waals surface area (Å²) in [5.74, 6) is -1.14. The van der Waals surface area contributed by atoms with Crippen molar-refractivity contribution in [2.75, 3.05) is 32.6 Å². The van der Waals surface area contributed by atoms with Gasteiger partial charge in [0.05, 0.1) is 22.1 Å². The molecule has 4 rings (SSSR count). The number of nitrogens with zero attached hydrogens (tertiary/aromatic N) is 3. The average Bonchev–Trinajstić information content (AvgIpc) is 3.31. The molecular formula is C24H27N3O3S. The highest BCUT2D eigenvalue weighted by Crippen LogP contribution is 2.42. The first-order valence-electron chi connectivity index (χ1n) is 10.4. The number of rotatable bonds is 7. The number of aromatic nitrogens is 1. The highest BCUT2D eigenvalue weighted by atomic mass is 32.1. The molecule has 6 nitrogen and oxygen atoms in total. The minimum atomic E-state index is -0.973. The Morgan fingerprint density at radius 2 is 1.77 bits per heavy atom. The molecule has 7 heteroatoms. The fraction of sp³-hybridized carbons (Fsp3) is 0.375. The van der Waals surface area contributed by atoms with E-state index in [1.807, 2.05) is 30.3 Å². The van der Waals surface area contributed by atoms with Crippen molar-refractivity contribution in [3.8, 4) is 0 Å². The molecule has 0 radical (unpaired) electrons. The predicted molar refractivity (Wildman–Crippen MR) is 124 cm³/mol. The van der Waals surface area contributed by atoms with E-state index in [1.165, 1.54) is 16.9 Å². The van der Waals surface area contributed by atoms with Gasteiger partial charge in [0, 0.05) is 13.6 Å². The van der Waals surface area contributed by atoms with Crippen LogP contribution in [0.5, 0.6) is 0 Å². The van der Waals surface area contributed by atoms with Crippen LogP contribution < -0.4 is 4.90 Å². The summed E-state index contributed by atoms with van der Waals surface area (Å²) in [5.41, 5.74) is 3.23. The lowest BCUT2D eigenvalue weighted by molar-refractivity contribution is -0.144. The first-order valence-corrected chi connectivity index (χ1v) is 11.2. The summed E-state index contributed by atoms with van der Waals surface area (Å²) in [5, 5.41) is 10.2. The number of carbonyl (C=O) groups excluding carboxylic acids is 1. The minimum Gasteiger partial charge on any atom is -0.481 e. The van der Waals surface area contributed by atoms with Gasteiger partial charge in [0.25, 0.3) is 0 Å². The minimum absolute atomic E-state index is 0.182. The number of thiazole rings is 1. The summed E-state index contributed by atoms with van der Waals surface area (Å²) in [6.45, 7) is 0.966. The molecule has 1 N–H and O–H groups in total. The third-order valence-corrected chi connectivity index (χ3v) is 7.09. The van der Waals surface area contributed by atoms with Crippen molar-refractivity contribution in [2.24, 2.45) is 5.41 Å². The Kier molecular flexibility index (Phi) is 5.81. The second-order valence-corrected chi connectivity index (χ2v) is 9.70. The number of aliphatic carboxylic acids is 1. The maximum Gasteiger partial charge on any atom is 0.304 e. The molecule has 0 unspecified atom stereocenters. The highest BCUT2D eigenvalue weighted by molar-refractivity contribution is 7.22. The largest absolute Gasteiger partial charge is 0.481 e. The number of carbonyl (C=O) groups is 2. The maximum atomic E-state index is 13.6. The monoisotopic (exact) mass is 437 g/mol. The molecule has 1 aliphatic carbocycles. The number of anilines is 1. The molecule has 0 saturated heterocycles. The lowest BCUT2D eigenvalue weighted by Crippen LogP contribution is -2.44. The topological polar surface area (TPSA) is 73.7 Å². The normalized spacial score (nSPS) is 14.7. The van der Waals surface area contributed by atoms with Crippen LogP contribution in [0.15, 0.2) is 42.5 Å². The van der Waals surface area contributed by atoms with Gasteiger partial charge in [0.1, 0.15) is 0 Å². The van der Waals surface area contributed by atoms with Crippen LogP contribution in [0.1, 0.15) is 23.1 Å². The van der Waals surface area contributed by atoms with Crippen LogP contribution >= 0.6 is 11.3 Å². The van der Waals surface area contributed by atoms with Gasteiger partial charge in [-0.3, -0.25) is 14.5 Å². The molecule has 0 aliphatic heterocycles. The maximum absolute atomic E-state index is 13.6. The SMILES string of the molecule is CN(C)CCc1ccc2nc(N(C)C(=O)C3(CC(=O)O)Cc4ccccc4C3)sc2c1. The molecule has 1 amide bonds. The molecular weight excluding hydrogens is 410 g/mol. The van der Waals surface area contributed by atoms with Gasteiger partial charge in [0.15, 0.2) is 5.13 Å². The first kappa shape index (κ1) is 21.5. The van der Waals surface area contributed by atoms with E-state index in [9.17, 15) is 14.7 Å². The van der Waals surface area contributed by atoms with E-state index in [0.717, 1.165) is 34.3 Å². The van der Waals surface area contributed by atoms with E-state index in [1.54, 1.807) is 11.9 Å². The van der Waals surface area contributed by atoms with E-state index in [4.69, 9.17) is 0 Å². The standard InChI is InChI=1S/C24H27N3O3S/c1-26(2)11-10-16-8-9-19-20(12-16)31-23(25-19)27(3)22(30)24(15-21(28)29)13-17-6-4-5-7-18(17)14-24/h4-9,12H,10-11,13-15H2,1-3H3,(H,28,29). The average molecular weight is 438 g/mol. The van der Waals surface area contributed by atoms with Gasteiger partial charge < -0.3 is 10.0 Å². The summed E-state index contributed by atoms with van der Waals surface area (Å²) in [7, 11) is 5.82. The van der Waals surface area contributed by atoms with Crippen LogP contribution in [0.25, 0.3) is 10.2 Å². The molecule has 2 aromatic carbocycles. The molecule has 0 atom stereocenters. The van der Waals surface area contributed by atoms with Crippen molar-refractivity contribution in [3.05, 3.63) is 59.2 Å². The quantitative estimate of drug-likeness (QED) is 0.611. The van der Waals surface area contributed by atoms with Gasteiger partial charge >= 0.3 is 5.97 Å². The molecule has 162 valence electrons. The highest BCUT2D eigenvalue weighted by Gasteiger charge is 2.47. The number of amides is 1. The van der Waals surface area contributed by atoms with Gasteiger partial charge in [-0.2, -0.15) is 0 Å². The molecule has 31 heavy (non-hydrogen) atoms. The zero-order valence-electron chi connectivity index (χ0n) is 18.1. The molecule has 0 saturated carbocycles. The second kappa shape index (κ2) is 8.40. The third kappa shape index (κ3) is 4.34. The van der Waals surface area contributed by atoms with Crippen LogP contribution in [-0.2, 0) is 28.9 Å². The Bertz CT molecular complexity index is 1110. The van der Waals surface area contributed by atoms with Crippen molar-refractivity contribution in [2.45, 2.75) is 25.7 Å². The summed E-state index contributed by atoms with van der Waals surface area (Å²) >= 11 is 1.48. The summed E-state index contributed by atoms with van der Waals surface area (Å²) < 4.78 is 1.04.